The van der Waals surface area contributed by atoms with Crippen molar-refractivity contribution >= 4 is 11.7 Å². The first-order valence-corrected chi connectivity index (χ1v) is 8.36. The number of rotatable bonds is 8. The van der Waals surface area contributed by atoms with E-state index in [9.17, 15) is 15.8 Å². The van der Waals surface area contributed by atoms with Gasteiger partial charge in [-0.05, 0) is 6.42 Å². The third-order valence-corrected chi connectivity index (χ3v) is 3.82. The largest absolute Gasteiger partial charge is 0.762 e. The van der Waals surface area contributed by atoms with Gasteiger partial charge in [-0.3, -0.25) is 4.99 Å². The molecular formula is C19H18N7-. The Kier molecular flexibility index (Phi) is 8.64. The lowest BCUT2D eigenvalue weighted by atomic mass is 10.0. The molecule has 0 unspecified atom stereocenters. The average molecular weight is 344 g/mol. The molecule has 0 amide bonds. The molecule has 1 N–H and O–H groups in total. The predicted octanol–water partition coefficient (Wildman–Crippen LogP) is 3.16. The Morgan fingerprint density at radius 2 is 1.62 bits per heavy atom. The summed E-state index contributed by atoms with van der Waals surface area (Å²) in [6.07, 6.45) is 6.59. The maximum Gasteiger partial charge on any atom is 0.145 e. The first-order valence-electron chi connectivity index (χ1n) is 8.36. The Morgan fingerprint density at radius 3 is 2.15 bits per heavy atom. The Labute approximate surface area is 153 Å². The van der Waals surface area contributed by atoms with Gasteiger partial charge in [0.1, 0.15) is 41.3 Å². The van der Waals surface area contributed by atoms with E-state index in [0.717, 1.165) is 19.3 Å². The van der Waals surface area contributed by atoms with Crippen LogP contribution in [0.1, 0.15) is 45.4 Å². The van der Waals surface area contributed by atoms with E-state index in [1.165, 1.54) is 19.3 Å². The fourth-order valence-electron chi connectivity index (χ4n) is 2.47. The van der Waals surface area contributed by atoms with Crippen LogP contribution in [0, 0.1) is 45.3 Å². The number of unbranched alkanes of at least 4 members (excludes halogenated alkanes) is 5. The minimum atomic E-state index is -0.419. The number of allylic oxidation sites excluding steroid dienone is 3. The smallest absolute Gasteiger partial charge is 0.145 e. The summed E-state index contributed by atoms with van der Waals surface area (Å²) in [6, 6.07) is 7.16. The normalized spacial score (nSPS) is 16.0. The molecule has 26 heavy (non-hydrogen) atoms. The zero-order valence-corrected chi connectivity index (χ0v) is 14.6. The number of nitrogens with zero attached hydrogens (tertiary/aromatic N) is 6. The van der Waals surface area contributed by atoms with Crippen LogP contribution in [0.15, 0.2) is 33.0 Å². The van der Waals surface area contributed by atoms with Crippen molar-refractivity contribution in [3.8, 4) is 24.3 Å². The summed E-state index contributed by atoms with van der Waals surface area (Å²) >= 11 is 0. The zero-order valence-electron chi connectivity index (χ0n) is 14.6. The van der Waals surface area contributed by atoms with Crippen LogP contribution in [0.5, 0.6) is 0 Å². The summed E-state index contributed by atoms with van der Waals surface area (Å²) in [4.78, 5) is 4.32. The second kappa shape index (κ2) is 11.0. The molecule has 7 heteroatoms. The van der Waals surface area contributed by atoms with Gasteiger partial charge in [0.15, 0.2) is 0 Å². The molecule has 0 aromatic carbocycles. The van der Waals surface area contributed by atoms with E-state index in [-0.39, 0.29) is 28.3 Å². The van der Waals surface area contributed by atoms with Crippen LogP contribution in [0.2, 0.25) is 0 Å². The highest BCUT2D eigenvalue weighted by Crippen LogP contribution is 2.26. The minimum absolute atomic E-state index is 0.00801. The fourth-order valence-corrected chi connectivity index (χ4v) is 2.47. The van der Waals surface area contributed by atoms with Crippen LogP contribution in [0.3, 0.4) is 0 Å². The van der Waals surface area contributed by atoms with E-state index in [1.54, 1.807) is 18.0 Å². The lowest BCUT2D eigenvalue weighted by Gasteiger charge is -2.05. The third kappa shape index (κ3) is 4.93. The molecule has 0 atom stereocenters. The van der Waals surface area contributed by atoms with Gasteiger partial charge in [0.25, 0.3) is 0 Å². The maximum atomic E-state index is 9.35. The van der Waals surface area contributed by atoms with Crippen LogP contribution in [0.4, 0.5) is 0 Å². The van der Waals surface area contributed by atoms with Crippen molar-refractivity contribution < 1.29 is 0 Å². The number of nitriles is 4. The Bertz CT molecular complexity index is 854. The van der Waals surface area contributed by atoms with Gasteiger partial charge in [-0.1, -0.05) is 39.0 Å². The van der Waals surface area contributed by atoms with Gasteiger partial charge in [0.05, 0.1) is 16.8 Å². The molecule has 1 rings (SSSR count). The van der Waals surface area contributed by atoms with Crippen molar-refractivity contribution in [2.24, 2.45) is 4.99 Å². The molecule has 0 aromatic heterocycles. The van der Waals surface area contributed by atoms with Crippen molar-refractivity contribution in [1.29, 1.82) is 21.0 Å². The number of hydrogen-bond acceptors (Lipinski definition) is 5. The second-order valence-electron chi connectivity index (χ2n) is 5.56. The highest BCUT2D eigenvalue weighted by atomic mass is 15.0. The van der Waals surface area contributed by atoms with Gasteiger partial charge in [0, 0.05) is 6.54 Å². The molecular weight excluding hydrogens is 326 g/mol. The van der Waals surface area contributed by atoms with Crippen molar-refractivity contribution in [2.45, 2.75) is 45.4 Å². The molecule has 1 aliphatic heterocycles. The number of nitrogens with one attached hydrogen (secondary N) is 1. The summed E-state index contributed by atoms with van der Waals surface area (Å²) < 4.78 is 0. The first kappa shape index (κ1) is 20.4. The molecule has 0 aromatic rings. The molecule has 1 aliphatic rings. The third-order valence-electron chi connectivity index (χ3n) is 3.82. The van der Waals surface area contributed by atoms with E-state index < -0.39 is 5.57 Å². The zero-order chi connectivity index (χ0) is 19.4. The highest BCUT2D eigenvalue weighted by Gasteiger charge is 2.29. The van der Waals surface area contributed by atoms with Gasteiger partial charge in [-0.2, -0.15) is 21.0 Å². The summed E-state index contributed by atoms with van der Waals surface area (Å²) in [5, 5.41) is 48.7. The summed E-state index contributed by atoms with van der Waals surface area (Å²) in [5.74, 6) is 1.83. The monoisotopic (exact) mass is 344 g/mol. The minimum Gasteiger partial charge on any atom is -0.762 e. The lowest BCUT2D eigenvalue weighted by molar-refractivity contribution is 0.612. The van der Waals surface area contributed by atoms with Crippen molar-refractivity contribution in [3.63, 3.8) is 0 Å². The standard InChI is InChI=1S/C19H18N7/c1-2-3-4-5-6-7-8-25-19-17(13-24)16(12-23)18(26-19)15(11-22)14(9-20)10-21/h2-8H2,1H3,(H,25,26)/q-1/b18-15-. The molecule has 0 bridgehead atoms. The topological polar surface area (TPSA) is 142 Å². The number of aliphatic imine (C=N–C) groups is 1. The van der Waals surface area contributed by atoms with Crippen LogP contribution < -0.4 is 5.32 Å². The van der Waals surface area contributed by atoms with Gasteiger partial charge in [0.2, 0.25) is 0 Å². The predicted molar refractivity (Wildman–Crippen MR) is 97.2 cm³/mol. The van der Waals surface area contributed by atoms with E-state index >= 15 is 0 Å². The van der Waals surface area contributed by atoms with Gasteiger partial charge >= 0.3 is 0 Å². The molecule has 0 saturated carbocycles. The van der Waals surface area contributed by atoms with Crippen molar-refractivity contribution in [2.75, 3.05) is 6.54 Å². The van der Waals surface area contributed by atoms with Gasteiger partial charge in [-0.25, -0.2) is 5.87 Å². The van der Waals surface area contributed by atoms with Crippen LogP contribution in [-0.2, 0) is 0 Å². The fraction of sp³-hybridized carbons (Fsp3) is 0.421. The lowest BCUT2D eigenvalue weighted by Crippen LogP contribution is -2.19. The van der Waals surface area contributed by atoms with Gasteiger partial charge < -0.3 is 10.7 Å². The van der Waals surface area contributed by atoms with E-state index in [1.807, 2.05) is 12.1 Å². The SMILES string of the molecule is CCCCCCCCN=C1N/C(=C(/C#N)C(=C=[N-])C#N)C(C#N)=C1C#N. The molecule has 0 spiro atoms. The second-order valence-corrected chi connectivity index (χ2v) is 5.56. The van der Waals surface area contributed by atoms with Crippen LogP contribution in [0.25, 0.3) is 5.41 Å². The summed E-state index contributed by atoms with van der Waals surface area (Å²) in [5.41, 5.74) is -0.738. The van der Waals surface area contributed by atoms with Crippen LogP contribution in [-0.4, -0.2) is 18.3 Å². The average Bonchev–Trinajstić information content (AvgIpc) is 3.02. The number of hydrogen-bond donors (Lipinski definition) is 1. The first-order chi connectivity index (χ1) is 12.7. The number of amidine groups is 1. The van der Waals surface area contributed by atoms with E-state index in [0.29, 0.717) is 6.54 Å². The molecule has 1 heterocycles. The Hall–Kier alpha value is -3.64. The molecule has 0 aliphatic carbocycles. The molecule has 0 fully saturated rings. The maximum absolute atomic E-state index is 9.35. The van der Waals surface area contributed by atoms with Crippen LogP contribution >= 0.6 is 0 Å². The Morgan fingerprint density at radius 1 is 0.962 bits per heavy atom. The summed E-state index contributed by atoms with van der Waals surface area (Å²) in [7, 11) is 0. The molecule has 7 nitrogen and oxygen atoms in total. The Balaban J connectivity index is 3.05. The van der Waals surface area contributed by atoms with E-state index in [2.05, 4.69) is 17.2 Å². The molecule has 130 valence electrons. The van der Waals surface area contributed by atoms with Crippen molar-refractivity contribution in [3.05, 3.63) is 33.4 Å². The summed E-state index contributed by atoms with van der Waals surface area (Å²) in [6.45, 7) is 2.64. The molecule has 0 saturated heterocycles. The quantitative estimate of drug-likeness (QED) is 0.409. The van der Waals surface area contributed by atoms with Gasteiger partial charge in [-0.15, -0.1) is 0 Å². The highest BCUT2D eigenvalue weighted by molar-refractivity contribution is 6.09. The molecule has 0 radical (unpaired) electrons. The van der Waals surface area contributed by atoms with E-state index in [4.69, 9.17) is 10.7 Å². The van der Waals surface area contributed by atoms with Crippen molar-refractivity contribution in [1.82, 2.24) is 5.32 Å².